The van der Waals surface area contributed by atoms with Crippen molar-refractivity contribution in [3.8, 4) is 0 Å². The van der Waals surface area contributed by atoms with Gasteiger partial charge in [-0.05, 0) is 62.3 Å². The summed E-state index contributed by atoms with van der Waals surface area (Å²) in [5, 5.41) is 14.9. The highest BCUT2D eigenvalue weighted by Gasteiger charge is 2.47. The Morgan fingerprint density at radius 3 is 2.46 bits per heavy atom. The van der Waals surface area contributed by atoms with Crippen LogP contribution in [0.25, 0.3) is 0 Å². The highest BCUT2D eigenvalue weighted by Crippen LogP contribution is 2.40. The molecular formula is C18H24N2O5S. The van der Waals surface area contributed by atoms with Gasteiger partial charge in [-0.3, -0.25) is 4.79 Å². The van der Waals surface area contributed by atoms with Crippen LogP contribution in [0, 0.1) is 19.8 Å². The van der Waals surface area contributed by atoms with Gasteiger partial charge in [0.05, 0.1) is 4.90 Å². The molecule has 142 valence electrons. The number of likely N-dealkylation sites (tertiary alicyclic amines) is 1. The summed E-state index contributed by atoms with van der Waals surface area (Å²) < 4.78 is 23.7. The van der Waals surface area contributed by atoms with Crippen molar-refractivity contribution < 1.29 is 23.1 Å². The van der Waals surface area contributed by atoms with Gasteiger partial charge in [-0.25, -0.2) is 18.4 Å². The number of amides is 1. The van der Waals surface area contributed by atoms with Crippen LogP contribution in [0.2, 0.25) is 0 Å². The molecule has 3 atom stereocenters. The highest BCUT2D eigenvalue weighted by molar-refractivity contribution is 7.89. The quantitative estimate of drug-likeness (QED) is 0.829. The summed E-state index contributed by atoms with van der Waals surface area (Å²) in [5.41, 5.74) is 1.30. The molecule has 0 radical (unpaired) electrons. The molecule has 1 aliphatic heterocycles. The van der Waals surface area contributed by atoms with Crippen LogP contribution in [-0.4, -0.2) is 42.4 Å². The lowest BCUT2D eigenvalue weighted by Crippen LogP contribution is -2.46. The number of hydrogen-bond acceptors (Lipinski definition) is 4. The monoisotopic (exact) mass is 380 g/mol. The molecule has 0 bridgehead atoms. The van der Waals surface area contributed by atoms with Gasteiger partial charge in [0.2, 0.25) is 10.0 Å². The van der Waals surface area contributed by atoms with E-state index in [0.29, 0.717) is 17.5 Å². The van der Waals surface area contributed by atoms with Crippen LogP contribution in [0.5, 0.6) is 0 Å². The van der Waals surface area contributed by atoms with Gasteiger partial charge in [0, 0.05) is 11.6 Å². The summed E-state index contributed by atoms with van der Waals surface area (Å²) >= 11 is 0. The van der Waals surface area contributed by atoms with Gasteiger partial charge < -0.3 is 10.0 Å². The fourth-order valence-electron chi connectivity index (χ4n) is 4.37. The van der Waals surface area contributed by atoms with Crippen molar-refractivity contribution in [1.29, 1.82) is 0 Å². The van der Waals surface area contributed by atoms with Crippen LogP contribution >= 0.6 is 0 Å². The van der Waals surface area contributed by atoms with Crippen LogP contribution in [0.1, 0.15) is 53.6 Å². The Morgan fingerprint density at radius 1 is 1.19 bits per heavy atom. The minimum atomic E-state index is -3.98. The van der Waals surface area contributed by atoms with Crippen molar-refractivity contribution >= 4 is 21.9 Å². The first-order valence-electron chi connectivity index (χ1n) is 8.80. The third kappa shape index (κ3) is 3.23. The van der Waals surface area contributed by atoms with Gasteiger partial charge in [0.15, 0.2) is 0 Å². The molecule has 3 unspecified atom stereocenters. The van der Waals surface area contributed by atoms with E-state index in [0.717, 1.165) is 25.7 Å². The molecule has 8 heteroatoms. The normalized spacial score (nSPS) is 25.8. The summed E-state index contributed by atoms with van der Waals surface area (Å²) in [6.45, 7) is 3.35. The number of carbonyl (C=O) groups is 2. The van der Waals surface area contributed by atoms with Gasteiger partial charge in [0.25, 0.3) is 5.91 Å². The van der Waals surface area contributed by atoms with Crippen molar-refractivity contribution in [2.75, 3.05) is 0 Å². The Hall–Kier alpha value is -1.93. The van der Waals surface area contributed by atoms with Crippen molar-refractivity contribution in [1.82, 2.24) is 4.90 Å². The average molecular weight is 380 g/mol. The molecule has 7 nitrogen and oxygen atoms in total. The number of hydrogen-bond donors (Lipinski definition) is 2. The topological polar surface area (TPSA) is 118 Å². The van der Waals surface area contributed by atoms with E-state index < -0.39 is 27.9 Å². The number of benzene rings is 1. The molecule has 1 saturated heterocycles. The first-order chi connectivity index (χ1) is 12.1. The number of nitrogens with two attached hydrogens (primary N) is 1. The molecule has 0 spiro atoms. The van der Waals surface area contributed by atoms with E-state index >= 15 is 0 Å². The molecule has 0 aromatic heterocycles. The fraction of sp³-hybridized carbons (Fsp3) is 0.556. The molecule has 1 aliphatic carbocycles. The number of fused-ring (bicyclic) bond motifs is 1. The number of carboxylic acid groups (broad SMARTS) is 1. The molecule has 2 fully saturated rings. The van der Waals surface area contributed by atoms with Crippen molar-refractivity contribution in [2.24, 2.45) is 11.1 Å². The van der Waals surface area contributed by atoms with E-state index in [-0.39, 0.29) is 22.4 Å². The number of rotatable bonds is 3. The Balaban J connectivity index is 2.05. The first-order valence-corrected chi connectivity index (χ1v) is 10.4. The maximum absolute atomic E-state index is 13.2. The molecular weight excluding hydrogens is 356 g/mol. The molecule has 1 heterocycles. The van der Waals surface area contributed by atoms with E-state index in [1.54, 1.807) is 19.9 Å². The lowest BCUT2D eigenvalue weighted by atomic mass is 9.84. The number of aliphatic carboxylic acids is 1. The number of carbonyl (C=O) groups excluding carboxylic acids is 1. The third-order valence-electron chi connectivity index (χ3n) is 5.78. The van der Waals surface area contributed by atoms with Gasteiger partial charge in [-0.1, -0.05) is 12.8 Å². The lowest BCUT2D eigenvalue weighted by molar-refractivity contribution is -0.141. The lowest BCUT2D eigenvalue weighted by Gasteiger charge is -2.33. The Labute approximate surface area is 153 Å². The van der Waals surface area contributed by atoms with Crippen molar-refractivity contribution in [3.05, 3.63) is 28.8 Å². The molecule has 1 amide bonds. The molecule has 1 aromatic carbocycles. The average Bonchev–Trinajstić information content (AvgIpc) is 2.95. The SMILES string of the molecule is Cc1cc(C(=O)N2C(C(=O)O)CC3CCCCC32)cc(S(N)(=O)=O)c1C. The van der Waals surface area contributed by atoms with E-state index in [1.165, 1.54) is 11.0 Å². The smallest absolute Gasteiger partial charge is 0.326 e. The molecule has 2 aliphatic rings. The van der Waals surface area contributed by atoms with E-state index in [1.807, 2.05) is 0 Å². The predicted molar refractivity (Wildman–Crippen MR) is 95.2 cm³/mol. The Bertz CT molecular complexity index is 865. The van der Waals surface area contributed by atoms with Gasteiger partial charge >= 0.3 is 5.97 Å². The molecule has 1 saturated carbocycles. The standard InChI is InChI=1S/C18H24N2O5S/c1-10-7-13(9-16(11(10)2)26(19,24)25)17(21)20-14-6-4-3-5-12(14)8-15(20)18(22)23/h7,9,12,14-15H,3-6,8H2,1-2H3,(H,22,23)(H2,19,24,25). The van der Waals surface area contributed by atoms with Gasteiger partial charge in [0.1, 0.15) is 6.04 Å². The van der Waals surface area contributed by atoms with Crippen LogP contribution in [0.3, 0.4) is 0 Å². The van der Waals surface area contributed by atoms with Crippen LogP contribution in [-0.2, 0) is 14.8 Å². The van der Waals surface area contributed by atoms with Crippen molar-refractivity contribution in [3.63, 3.8) is 0 Å². The van der Waals surface area contributed by atoms with Gasteiger partial charge in [-0.15, -0.1) is 0 Å². The largest absolute Gasteiger partial charge is 0.480 e. The molecule has 3 N–H and O–H groups in total. The fourth-order valence-corrected chi connectivity index (χ4v) is 5.25. The minimum absolute atomic E-state index is 0.0906. The Kier molecular flexibility index (Phi) is 4.83. The second-order valence-corrected chi connectivity index (χ2v) is 8.91. The van der Waals surface area contributed by atoms with Crippen LogP contribution in [0.15, 0.2) is 17.0 Å². The van der Waals surface area contributed by atoms with Crippen molar-refractivity contribution in [2.45, 2.75) is 62.9 Å². The maximum Gasteiger partial charge on any atom is 0.326 e. The zero-order valence-corrected chi connectivity index (χ0v) is 15.8. The summed E-state index contributed by atoms with van der Waals surface area (Å²) in [6, 6.07) is 1.92. The highest BCUT2D eigenvalue weighted by atomic mass is 32.2. The minimum Gasteiger partial charge on any atom is -0.480 e. The van der Waals surface area contributed by atoms with Gasteiger partial charge in [-0.2, -0.15) is 0 Å². The zero-order valence-electron chi connectivity index (χ0n) is 14.9. The first kappa shape index (κ1) is 18.8. The number of sulfonamides is 1. The van der Waals surface area contributed by atoms with Crippen LogP contribution in [0.4, 0.5) is 0 Å². The molecule has 26 heavy (non-hydrogen) atoms. The second kappa shape index (κ2) is 6.66. The number of aryl methyl sites for hydroxylation is 1. The number of carboxylic acids is 1. The molecule has 1 aromatic rings. The summed E-state index contributed by atoms with van der Waals surface area (Å²) in [6.07, 6.45) is 4.18. The maximum atomic E-state index is 13.2. The Morgan fingerprint density at radius 2 is 1.85 bits per heavy atom. The number of primary sulfonamides is 1. The summed E-state index contributed by atoms with van der Waals surface area (Å²) in [4.78, 5) is 26.3. The molecule has 3 rings (SSSR count). The van der Waals surface area contributed by atoms with E-state index in [2.05, 4.69) is 0 Å². The summed E-state index contributed by atoms with van der Waals surface area (Å²) in [5.74, 6) is -1.25. The van der Waals surface area contributed by atoms with Crippen LogP contribution < -0.4 is 5.14 Å². The predicted octanol–water partition coefficient (Wildman–Crippen LogP) is 1.81. The van der Waals surface area contributed by atoms with E-state index in [4.69, 9.17) is 5.14 Å². The zero-order chi connectivity index (χ0) is 19.2. The van der Waals surface area contributed by atoms with E-state index in [9.17, 15) is 23.1 Å². The second-order valence-electron chi connectivity index (χ2n) is 7.38. The summed E-state index contributed by atoms with van der Waals surface area (Å²) in [7, 11) is -3.98. The number of nitrogens with zero attached hydrogens (tertiary/aromatic N) is 1. The third-order valence-corrected chi connectivity index (χ3v) is 6.82.